The molecule has 0 aromatic carbocycles. The number of hydrogen-bond donors (Lipinski definition) is 2. The third-order valence-electron chi connectivity index (χ3n) is 2.63. The van der Waals surface area contributed by atoms with Gasteiger partial charge in [-0.15, -0.1) is 0 Å². The molecule has 21 heavy (non-hydrogen) atoms. The van der Waals surface area contributed by atoms with Gasteiger partial charge in [-0.3, -0.25) is 9.59 Å². The molecule has 5 heteroatoms. The average molecular weight is 395 g/mol. The average Bonchev–Trinajstić information content (AvgIpc) is 2.12. The quantitative estimate of drug-likeness (QED) is 0.647. The standard InChI is InChI=1S/2C8H16O2.Pd/c2*1-8(2,3)6-4-5-7(9)10;/h2*4-6H2,1-3H3,(H,9,10);. The molecule has 0 atom stereocenters. The Bertz CT molecular complexity index is 258. The molecule has 0 aromatic heterocycles. The maximum absolute atomic E-state index is 10.1. The molecule has 0 aliphatic rings. The van der Waals surface area contributed by atoms with Crippen molar-refractivity contribution < 1.29 is 40.2 Å². The van der Waals surface area contributed by atoms with Crippen molar-refractivity contribution in [2.24, 2.45) is 10.8 Å². The summed E-state index contributed by atoms with van der Waals surface area (Å²) < 4.78 is 0. The fourth-order valence-corrected chi connectivity index (χ4v) is 1.54. The smallest absolute Gasteiger partial charge is 0.303 e. The van der Waals surface area contributed by atoms with Crippen molar-refractivity contribution >= 4 is 11.9 Å². The summed E-state index contributed by atoms with van der Waals surface area (Å²) in [4.78, 5) is 20.2. The molecular weight excluding hydrogens is 363 g/mol. The summed E-state index contributed by atoms with van der Waals surface area (Å²) in [5, 5.41) is 16.6. The van der Waals surface area contributed by atoms with Gasteiger partial charge in [-0.25, -0.2) is 0 Å². The number of rotatable bonds is 6. The molecule has 0 heterocycles. The van der Waals surface area contributed by atoms with E-state index in [1.807, 2.05) is 0 Å². The van der Waals surface area contributed by atoms with E-state index in [4.69, 9.17) is 10.2 Å². The van der Waals surface area contributed by atoms with Gasteiger partial charge in [-0.2, -0.15) is 0 Å². The van der Waals surface area contributed by atoms with Crippen LogP contribution in [0.5, 0.6) is 0 Å². The van der Waals surface area contributed by atoms with E-state index in [1.54, 1.807) is 0 Å². The Balaban J connectivity index is -0.000000295. The van der Waals surface area contributed by atoms with Crippen molar-refractivity contribution in [3.63, 3.8) is 0 Å². The largest absolute Gasteiger partial charge is 0.481 e. The summed E-state index contributed by atoms with van der Waals surface area (Å²) >= 11 is 0. The number of carboxylic acids is 2. The van der Waals surface area contributed by atoms with Gasteiger partial charge in [0.2, 0.25) is 0 Å². The fourth-order valence-electron chi connectivity index (χ4n) is 1.54. The van der Waals surface area contributed by atoms with E-state index in [-0.39, 0.29) is 31.3 Å². The number of hydrogen-bond acceptors (Lipinski definition) is 2. The zero-order valence-electron chi connectivity index (χ0n) is 14.3. The van der Waals surface area contributed by atoms with Crippen LogP contribution in [0.4, 0.5) is 0 Å². The predicted octanol–water partition coefficient (Wildman–Crippen LogP) is 4.57. The molecule has 0 rings (SSSR count). The van der Waals surface area contributed by atoms with Crippen molar-refractivity contribution in [1.29, 1.82) is 0 Å². The molecule has 0 amide bonds. The maximum Gasteiger partial charge on any atom is 0.303 e. The van der Waals surface area contributed by atoms with E-state index < -0.39 is 11.9 Å². The van der Waals surface area contributed by atoms with Gasteiger partial charge in [0, 0.05) is 33.3 Å². The molecular formula is C16H32O4Pd. The summed E-state index contributed by atoms with van der Waals surface area (Å²) in [5.74, 6) is -1.38. The summed E-state index contributed by atoms with van der Waals surface area (Å²) in [7, 11) is 0. The zero-order valence-corrected chi connectivity index (χ0v) is 15.8. The van der Waals surface area contributed by atoms with Crippen molar-refractivity contribution in [3.05, 3.63) is 0 Å². The van der Waals surface area contributed by atoms with E-state index in [1.165, 1.54) is 0 Å². The predicted molar refractivity (Wildman–Crippen MR) is 81.9 cm³/mol. The minimum Gasteiger partial charge on any atom is -0.481 e. The van der Waals surface area contributed by atoms with Crippen LogP contribution in [0, 0.1) is 10.8 Å². The molecule has 0 saturated heterocycles. The third-order valence-corrected chi connectivity index (χ3v) is 2.63. The Kier molecular flexibility index (Phi) is 14.8. The van der Waals surface area contributed by atoms with Crippen LogP contribution in [0.15, 0.2) is 0 Å². The number of aliphatic carboxylic acids is 2. The Labute approximate surface area is 143 Å². The first-order valence-corrected chi connectivity index (χ1v) is 7.27. The van der Waals surface area contributed by atoms with Gasteiger partial charge in [-0.1, -0.05) is 41.5 Å². The van der Waals surface area contributed by atoms with Crippen molar-refractivity contribution in [1.82, 2.24) is 0 Å². The van der Waals surface area contributed by atoms with E-state index in [2.05, 4.69) is 41.5 Å². The molecule has 0 radical (unpaired) electrons. The maximum atomic E-state index is 10.1. The van der Waals surface area contributed by atoms with Crippen LogP contribution in [0.25, 0.3) is 0 Å². The molecule has 130 valence electrons. The van der Waals surface area contributed by atoms with Gasteiger partial charge in [0.05, 0.1) is 0 Å². The number of carbonyl (C=O) groups is 2. The first-order valence-electron chi connectivity index (χ1n) is 7.27. The molecule has 0 bridgehead atoms. The Morgan fingerprint density at radius 2 is 0.952 bits per heavy atom. The minimum atomic E-state index is -0.691. The van der Waals surface area contributed by atoms with Gasteiger partial charge in [0.25, 0.3) is 0 Å². The number of carboxylic acid groups (broad SMARTS) is 2. The second-order valence-corrected chi connectivity index (χ2v) is 7.62. The monoisotopic (exact) mass is 394 g/mol. The van der Waals surface area contributed by atoms with Crippen LogP contribution in [0.1, 0.15) is 80.1 Å². The summed E-state index contributed by atoms with van der Waals surface area (Å²) in [6.45, 7) is 12.7. The summed E-state index contributed by atoms with van der Waals surface area (Å²) in [5.41, 5.74) is 0.547. The van der Waals surface area contributed by atoms with Crippen LogP contribution in [0.3, 0.4) is 0 Å². The second kappa shape index (κ2) is 12.2. The van der Waals surface area contributed by atoms with Crippen molar-refractivity contribution in [2.45, 2.75) is 80.1 Å². The molecule has 0 spiro atoms. The molecule has 0 aliphatic heterocycles. The van der Waals surface area contributed by atoms with Crippen LogP contribution in [-0.2, 0) is 30.0 Å². The van der Waals surface area contributed by atoms with Crippen LogP contribution < -0.4 is 0 Å². The van der Waals surface area contributed by atoms with Crippen molar-refractivity contribution in [3.8, 4) is 0 Å². The molecule has 0 aliphatic carbocycles. The van der Waals surface area contributed by atoms with Crippen LogP contribution in [-0.4, -0.2) is 22.2 Å². The van der Waals surface area contributed by atoms with E-state index >= 15 is 0 Å². The molecule has 2 N–H and O–H groups in total. The third kappa shape index (κ3) is 32.8. The molecule has 0 unspecified atom stereocenters. The van der Waals surface area contributed by atoms with Crippen LogP contribution in [0.2, 0.25) is 0 Å². The Hall–Kier alpha value is -0.398. The topological polar surface area (TPSA) is 74.6 Å². The Morgan fingerprint density at radius 1 is 0.714 bits per heavy atom. The summed E-state index contributed by atoms with van der Waals surface area (Å²) in [6.07, 6.45) is 4.16. The van der Waals surface area contributed by atoms with Gasteiger partial charge in [0.15, 0.2) is 0 Å². The molecule has 0 aromatic rings. The molecule has 0 saturated carbocycles. The summed E-state index contributed by atoms with van der Waals surface area (Å²) in [6, 6.07) is 0. The van der Waals surface area contributed by atoms with Crippen LogP contribution >= 0.6 is 0 Å². The van der Waals surface area contributed by atoms with Gasteiger partial charge in [-0.05, 0) is 36.5 Å². The first kappa shape index (κ1) is 25.6. The second-order valence-electron chi connectivity index (χ2n) is 7.62. The fraction of sp³-hybridized carbons (Fsp3) is 0.875. The molecule has 4 nitrogen and oxygen atoms in total. The van der Waals surface area contributed by atoms with Crippen molar-refractivity contribution in [2.75, 3.05) is 0 Å². The first-order chi connectivity index (χ1) is 8.83. The van der Waals surface area contributed by atoms with E-state index in [0.717, 1.165) is 25.7 Å². The zero-order chi connectivity index (χ0) is 16.4. The van der Waals surface area contributed by atoms with Gasteiger partial charge in [0.1, 0.15) is 0 Å². The van der Waals surface area contributed by atoms with E-state index in [0.29, 0.717) is 12.8 Å². The molecule has 0 fully saturated rings. The normalized spacial score (nSPS) is 11.0. The van der Waals surface area contributed by atoms with Gasteiger partial charge >= 0.3 is 11.9 Å². The van der Waals surface area contributed by atoms with E-state index in [9.17, 15) is 9.59 Å². The van der Waals surface area contributed by atoms with Gasteiger partial charge < -0.3 is 10.2 Å². The SMILES string of the molecule is CC(C)(C)CCCC(=O)O.CC(C)(C)CCCC(=O)O.[Pd]. The Morgan fingerprint density at radius 3 is 1.10 bits per heavy atom. The minimum absolute atomic E-state index is 0.